The van der Waals surface area contributed by atoms with Crippen molar-refractivity contribution in [2.24, 2.45) is 5.73 Å². The Labute approximate surface area is 125 Å². The summed E-state index contributed by atoms with van der Waals surface area (Å²) >= 11 is 6.38. The zero-order chi connectivity index (χ0) is 14.5. The number of nitrogens with zero attached hydrogens (tertiary/aromatic N) is 2. The minimum absolute atomic E-state index is 0.110. The van der Waals surface area contributed by atoms with Gasteiger partial charge in [-0.2, -0.15) is 0 Å². The van der Waals surface area contributed by atoms with Crippen molar-refractivity contribution in [1.29, 1.82) is 0 Å². The predicted molar refractivity (Wildman–Crippen MR) is 85.1 cm³/mol. The first kappa shape index (κ1) is 14.8. The number of pyridine rings is 1. The van der Waals surface area contributed by atoms with Crippen LogP contribution in [0.2, 0.25) is 5.02 Å². The largest absolute Gasteiger partial charge is 0.369 e. The summed E-state index contributed by atoms with van der Waals surface area (Å²) in [6.07, 6.45) is 4.46. The Hall–Kier alpha value is -1.58. The van der Waals surface area contributed by atoms with E-state index in [1.165, 1.54) is 5.56 Å². The number of hydrogen-bond acceptors (Lipinski definition) is 3. The van der Waals surface area contributed by atoms with Crippen LogP contribution in [0.25, 0.3) is 0 Å². The summed E-state index contributed by atoms with van der Waals surface area (Å²) in [4.78, 5) is 6.29. The molecule has 1 aromatic heterocycles. The van der Waals surface area contributed by atoms with E-state index in [0.717, 1.165) is 29.2 Å². The van der Waals surface area contributed by atoms with Crippen molar-refractivity contribution in [3.05, 3.63) is 58.9 Å². The molecule has 0 saturated carbocycles. The lowest BCUT2D eigenvalue weighted by atomic mass is 10.0. The van der Waals surface area contributed by atoms with Gasteiger partial charge in [0.25, 0.3) is 0 Å². The molecule has 0 bridgehead atoms. The molecular weight excluding hydrogens is 270 g/mol. The summed E-state index contributed by atoms with van der Waals surface area (Å²) in [5, 5.41) is 0.759. The van der Waals surface area contributed by atoms with Crippen LogP contribution in [-0.4, -0.2) is 18.1 Å². The Balaban J connectivity index is 2.26. The van der Waals surface area contributed by atoms with Crippen molar-refractivity contribution in [3.8, 4) is 0 Å². The number of rotatable bonds is 5. The summed E-state index contributed by atoms with van der Waals surface area (Å²) in [5.41, 5.74) is 9.31. The van der Waals surface area contributed by atoms with E-state index in [0.29, 0.717) is 0 Å². The van der Waals surface area contributed by atoms with Gasteiger partial charge in [0.1, 0.15) is 0 Å². The van der Waals surface area contributed by atoms with Gasteiger partial charge in [0.15, 0.2) is 0 Å². The van der Waals surface area contributed by atoms with Gasteiger partial charge in [0.05, 0.1) is 10.7 Å². The van der Waals surface area contributed by atoms with Gasteiger partial charge in [-0.15, -0.1) is 0 Å². The molecule has 1 aromatic carbocycles. The van der Waals surface area contributed by atoms with Crippen molar-refractivity contribution >= 4 is 17.3 Å². The molecule has 2 aromatic rings. The first-order valence-corrected chi connectivity index (χ1v) is 7.08. The van der Waals surface area contributed by atoms with E-state index >= 15 is 0 Å². The van der Waals surface area contributed by atoms with Crippen molar-refractivity contribution in [2.75, 3.05) is 11.9 Å². The Morgan fingerprint density at radius 1 is 1.30 bits per heavy atom. The van der Waals surface area contributed by atoms with Crippen LogP contribution in [0.1, 0.15) is 18.1 Å². The highest BCUT2D eigenvalue weighted by atomic mass is 35.5. The highest BCUT2D eigenvalue weighted by molar-refractivity contribution is 6.33. The summed E-state index contributed by atoms with van der Waals surface area (Å²) in [5.74, 6) is 0. The fourth-order valence-corrected chi connectivity index (χ4v) is 2.68. The molecule has 1 unspecified atom stereocenters. The van der Waals surface area contributed by atoms with Crippen molar-refractivity contribution in [2.45, 2.75) is 25.9 Å². The van der Waals surface area contributed by atoms with Crippen LogP contribution in [0.4, 0.5) is 5.69 Å². The van der Waals surface area contributed by atoms with E-state index in [4.69, 9.17) is 17.3 Å². The lowest BCUT2D eigenvalue weighted by Crippen LogP contribution is -2.22. The van der Waals surface area contributed by atoms with E-state index in [1.807, 2.05) is 38.4 Å². The van der Waals surface area contributed by atoms with Gasteiger partial charge < -0.3 is 10.6 Å². The molecule has 20 heavy (non-hydrogen) atoms. The summed E-state index contributed by atoms with van der Waals surface area (Å²) < 4.78 is 0. The molecule has 0 radical (unpaired) electrons. The van der Waals surface area contributed by atoms with E-state index in [1.54, 1.807) is 6.20 Å². The van der Waals surface area contributed by atoms with Gasteiger partial charge in [0.2, 0.25) is 0 Å². The molecule has 0 fully saturated rings. The average molecular weight is 290 g/mol. The van der Waals surface area contributed by atoms with Crippen LogP contribution < -0.4 is 10.6 Å². The molecule has 0 aliphatic heterocycles. The summed E-state index contributed by atoms with van der Waals surface area (Å²) in [6, 6.07) is 10.1. The van der Waals surface area contributed by atoms with Crippen LogP contribution in [0.15, 0.2) is 42.7 Å². The maximum Gasteiger partial charge on any atom is 0.0642 e. The van der Waals surface area contributed by atoms with Gasteiger partial charge >= 0.3 is 0 Å². The Morgan fingerprint density at radius 3 is 2.75 bits per heavy atom. The molecule has 3 nitrogen and oxygen atoms in total. The van der Waals surface area contributed by atoms with Crippen molar-refractivity contribution in [1.82, 2.24) is 4.98 Å². The maximum atomic E-state index is 6.38. The first-order valence-electron chi connectivity index (χ1n) is 6.71. The highest BCUT2D eigenvalue weighted by Gasteiger charge is 2.13. The third-order valence-corrected chi connectivity index (χ3v) is 3.44. The average Bonchev–Trinajstić information content (AvgIpc) is 2.39. The number of hydrogen-bond donors (Lipinski definition) is 1. The van der Waals surface area contributed by atoms with Crippen LogP contribution in [0.5, 0.6) is 0 Å². The minimum atomic E-state index is 0.110. The molecule has 4 heteroatoms. The van der Waals surface area contributed by atoms with Gasteiger partial charge in [-0.25, -0.2) is 0 Å². The third kappa shape index (κ3) is 3.71. The van der Waals surface area contributed by atoms with Crippen LogP contribution in [-0.2, 0) is 13.0 Å². The number of aromatic nitrogens is 1. The molecule has 1 atom stereocenters. The molecule has 0 spiro atoms. The minimum Gasteiger partial charge on any atom is -0.369 e. The van der Waals surface area contributed by atoms with Gasteiger partial charge in [-0.3, -0.25) is 4.98 Å². The smallest absolute Gasteiger partial charge is 0.0642 e. The predicted octanol–water partition coefficient (Wildman–Crippen LogP) is 3.26. The fourth-order valence-electron chi connectivity index (χ4n) is 2.34. The van der Waals surface area contributed by atoms with Crippen LogP contribution in [0.3, 0.4) is 0 Å². The Kier molecular flexibility index (Phi) is 4.99. The molecule has 0 saturated heterocycles. The molecule has 2 rings (SSSR count). The molecule has 106 valence electrons. The maximum absolute atomic E-state index is 6.38. The Morgan fingerprint density at radius 2 is 2.10 bits per heavy atom. The van der Waals surface area contributed by atoms with Gasteiger partial charge in [-0.05, 0) is 36.6 Å². The SMILES string of the molecule is CC(N)Cc1cccc(Cl)c1N(C)Cc1cccnc1. The zero-order valence-electron chi connectivity index (χ0n) is 11.9. The highest BCUT2D eigenvalue weighted by Crippen LogP contribution is 2.30. The Bertz CT molecular complexity index is 555. The van der Waals surface area contributed by atoms with Crippen molar-refractivity contribution < 1.29 is 0 Å². The zero-order valence-corrected chi connectivity index (χ0v) is 12.6. The number of para-hydroxylation sites is 1. The quantitative estimate of drug-likeness (QED) is 0.919. The van der Waals surface area contributed by atoms with E-state index in [9.17, 15) is 0 Å². The van der Waals surface area contributed by atoms with Gasteiger partial charge in [-0.1, -0.05) is 29.8 Å². The van der Waals surface area contributed by atoms with E-state index in [-0.39, 0.29) is 6.04 Å². The van der Waals surface area contributed by atoms with Crippen LogP contribution in [0, 0.1) is 0 Å². The standard InChI is InChI=1S/C16H20ClN3/c1-12(18)9-14-6-3-7-15(17)16(14)20(2)11-13-5-4-8-19-10-13/h3-8,10,12H,9,11,18H2,1-2H3. The molecule has 0 aliphatic rings. The topological polar surface area (TPSA) is 42.1 Å². The monoisotopic (exact) mass is 289 g/mol. The van der Waals surface area contributed by atoms with E-state index < -0.39 is 0 Å². The second kappa shape index (κ2) is 6.73. The molecule has 1 heterocycles. The fraction of sp³-hybridized carbons (Fsp3) is 0.312. The number of nitrogens with two attached hydrogens (primary N) is 1. The normalized spacial score (nSPS) is 12.2. The summed E-state index contributed by atoms with van der Waals surface area (Å²) in [7, 11) is 2.04. The van der Waals surface area contributed by atoms with Gasteiger partial charge in [0, 0.05) is 32.0 Å². The van der Waals surface area contributed by atoms with Crippen molar-refractivity contribution in [3.63, 3.8) is 0 Å². The lowest BCUT2D eigenvalue weighted by Gasteiger charge is -2.24. The third-order valence-electron chi connectivity index (χ3n) is 3.14. The number of anilines is 1. The lowest BCUT2D eigenvalue weighted by molar-refractivity contribution is 0.734. The van der Waals surface area contributed by atoms with Crippen LogP contribution >= 0.6 is 11.6 Å². The number of benzene rings is 1. The second-order valence-corrected chi connectivity index (χ2v) is 5.55. The second-order valence-electron chi connectivity index (χ2n) is 5.15. The first-order chi connectivity index (χ1) is 9.58. The number of halogens is 1. The molecule has 0 aliphatic carbocycles. The molecular formula is C16H20ClN3. The molecule has 2 N–H and O–H groups in total. The van der Waals surface area contributed by atoms with E-state index in [2.05, 4.69) is 22.0 Å². The summed E-state index contributed by atoms with van der Waals surface area (Å²) in [6.45, 7) is 2.77. The molecule has 0 amide bonds.